The first-order valence-electron chi connectivity index (χ1n) is 11.1. The lowest BCUT2D eigenvalue weighted by Gasteiger charge is -2.23. The molecular weight excluding hydrogens is 430 g/mol. The number of benzene rings is 2. The summed E-state index contributed by atoms with van der Waals surface area (Å²) in [5.41, 5.74) is 4.78. The van der Waals surface area contributed by atoms with Crippen molar-refractivity contribution in [2.75, 3.05) is 10.2 Å². The Morgan fingerprint density at radius 3 is 2.50 bits per heavy atom. The predicted octanol–water partition coefficient (Wildman–Crippen LogP) is 4.03. The maximum absolute atomic E-state index is 13.4. The zero-order valence-electron chi connectivity index (χ0n) is 19.2. The maximum Gasteiger partial charge on any atom is 0.339 e. The summed E-state index contributed by atoms with van der Waals surface area (Å²) in [5, 5.41) is 13.3. The molecule has 2 aromatic heterocycles. The van der Waals surface area contributed by atoms with Gasteiger partial charge in [-0.05, 0) is 48.7 Å². The van der Waals surface area contributed by atoms with Gasteiger partial charge in [0.15, 0.2) is 0 Å². The van der Waals surface area contributed by atoms with E-state index in [2.05, 4.69) is 27.3 Å². The monoisotopic (exact) mass is 455 g/mol. The zero-order chi connectivity index (χ0) is 24.0. The van der Waals surface area contributed by atoms with E-state index in [-0.39, 0.29) is 23.0 Å². The summed E-state index contributed by atoms with van der Waals surface area (Å²) in [6, 6.07) is 14.8. The number of aromatic nitrogens is 3. The lowest BCUT2D eigenvalue weighted by atomic mass is 10.0. The smallest absolute Gasteiger partial charge is 0.339 e. The van der Waals surface area contributed by atoms with Gasteiger partial charge in [-0.15, -0.1) is 0 Å². The van der Waals surface area contributed by atoms with Crippen LogP contribution in [0, 0.1) is 6.92 Å². The van der Waals surface area contributed by atoms with E-state index in [1.54, 1.807) is 23.9 Å². The lowest BCUT2D eigenvalue weighted by Crippen LogP contribution is -2.28. The van der Waals surface area contributed by atoms with Gasteiger partial charge < -0.3 is 15.3 Å². The van der Waals surface area contributed by atoms with Crippen LogP contribution in [0.15, 0.2) is 59.5 Å². The van der Waals surface area contributed by atoms with Crippen molar-refractivity contribution >= 4 is 28.6 Å². The molecule has 0 saturated carbocycles. The molecule has 1 aliphatic rings. The van der Waals surface area contributed by atoms with Gasteiger partial charge >= 0.3 is 5.97 Å². The van der Waals surface area contributed by atoms with Crippen LogP contribution in [0.4, 0.5) is 11.8 Å². The quantitative estimate of drug-likeness (QED) is 0.469. The van der Waals surface area contributed by atoms with Crippen molar-refractivity contribution < 1.29 is 9.90 Å². The van der Waals surface area contributed by atoms with Crippen LogP contribution >= 0.6 is 0 Å². The second-order valence-electron chi connectivity index (χ2n) is 8.72. The summed E-state index contributed by atoms with van der Waals surface area (Å²) < 4.78 is 1.61. The molecule has 34 heavy (non-hydrogen) atoms. The van der Waals surface area contributed by atoms with E-state index < -0.39 is 5.97 Å². The van der Waals surface area contributed by atoms with Gasteiger partial charge in [0.25, 0.3) is 5.56 Å². The standard InChI is InChI=1S/C26H25N5O3/c1-15-11-20(16(2)28-23-19(25(33)34)9-6-10-27-23)22-21(12-15)24(32)30(3)26(29-22)31-13-17-7-4-5-8-18(17)14-31/h4-12,16H,13-14H2,1-3H3,(H,27,28)(H,33,34). The highest BCUT2D eigenvalue weighted by molar-refractivity contribution is 5.93. The Morgan fingerprint density at radius 2 is 1.82 bits per heavy atom. The number of hydrogen-bond donors (Lipinski definition) is 2. The number of carbonyl (C=O) groups is 1. The number of anilines is 2. The summed E-state index contributed by atoms with van der Waals surface area (Å²) in [4.78, 5) is 36.3. The number of carboxylic acids is 1. The van der Waals surface area contributed by atoms with E-state index in [1.165, 1.54) is 17.2 Å². The van der Waals surface area contributed by atoms with Gasteiger partial charge in [0.2, 0.25) is 5.95 Å². The minimum Gasteiger partial charge on any atom is -0.478 e. The van der Waals surface area contributed by atoms with Crippen LogP contribution in [0.25, 0.3) is 10.9 Å². The highest BCUT2D eigenvalue weighted by Gasteiger charge is 2.24. The normalized spacial score (nSPS) is 13.7. The largest absolute Gasteiger partial charge is 0.478 e. The fourth-order valence-electron chi connectivity index (χ4n) is 4.60. The number of pyridine rings is 1. The number of hydrogen-bond acceptors (Lipinski definition) is 6. The van der Waals surface area contributed by atoms with Gasteiger partial charge in [-0.25, -0.2) is 14.8 Å². The molecule has 0 bridgehead atoms. The fraction of sp³-hybridized carbons (Fsp3) is 0.231. The summed E-state index contributed by atoms with van der Waals surface area (Å²) in [7, 11) is 1.75. The van der Waals surface area contributed by atoms with Crippen LogP contribution in [-0.4, -0.2) is 25.6 Å². The SMILES string of the molecule is Cc1cc(C(C)Nc2ncccc2C(=O)O)c2nc(N3Cc4ccccc4C3)n(C)c(=O)c2c1. The molecule has 1 atom stereocenters. The fourth-order valence-corrected chi connectivity index (χ4v) is 4.60. The molecule has 0 radical (unpaired) electrons. The summed E-state index contributed by atoms with van der Waals surface area (Å²) in [6.07, 6.45) is 1.55. The molecule has 172 valence electrons. The number of fused-ring (bicyclic) bond motifs is 2. The Bertz CT molecular complexity index is 1470. The third-order valence-electron chi connectivity index (χ3n) is 6.31. The van der Waals surface area contributed by atoms with E-state index in [1.807, 2.05) is 38.1 Å². The molecule has 8 heteroatoms. The lowest BCUT2D eigenvalue weighted by molar-refractivity contribution is 0.0697. The first-order valence-corrected chi connectivity index (χ1v) is 11.1. The number of carboxylic acid groups (broad SMARTS) is 1. The number of nitrogens with zero attached hydrogens (tertiary/aromatic N) is 4. The van der Waals surface area contributed by atoms with E-state index in [9.17, 15) is 14.7 Å². The molecule has 1 unspecified atom stereocenters. The Labute approximate surface area is 196 Å². The Kier molecular flexibility index (Phi) is 5.28. The van der Waals surface area contributed by atoms with Gasteiger partial charge in [-0.2, -0.15) is 0 Å². The molecular formula is C26H25N5O3. The van der Waals surface area contributed by atoms with Crippen LogP contribution in [0.2, 0.25) is 0 Å². The zero-order valence-corrected chi connectivity index (χ0v) is 19.2. The average Bonchev–Trinajstić information content (AvgIpc) is 3.25. The Morgan fingerprint density at radius 1 is 1.12 bits per heavy atom. The molecule has 8 nitrogen and oxygen atoms in total. The molecule has 0 amide bonds. The molecule has 0 saturated heterocycles. The van der Waals surface area contributed by atoms with Crippen molar-refractivity contribution in [2.24, 2.45) is 7.05 Å². The van der Waals surface area contributed by atoms with Crippen molar-refractivity contribution in [3.05, 3.63) is 92.9 Å². The van der Waals surface area contributed by atoms with Gasteiger partial charge in [0.1, 0.15) is 11.4 Å². The third kappa shape index (κ3) is 3.67. The number of rotatable bonds is 5. The topological polar surface area (TPSA) is 100 Å². The molecule has 4 aromatic rings. The molecule has 0 spiro atoms. The van der Waals surface area contributed by atoms with Gasteiger partial charge in [-0.3, -0.25) is 9.36 Å². The first-order chi connectivity index (χ1) is 16.3. The summed E-state index contributed by atoms with van der Waals surface area (Å²) >= 11 is 0. The summed E-state index contributed by atoms with van der Waals surface area (Å²) in [6.45, 7) is 5.22. The molecule has 1 aliphatic heterocycles. The molecule has 5 rings (SSSR count). The van der Waals surface area contributed by atoms with Crippen LogP contribution < -0.4 is 15.8 Å². The van der Waals surface area contributed by atoms with E-state index in [0.29, 0.717) is 29.9 Å². The van der Waals surface area contributed by atoms with Crippen LogP contribution in [0.1, 0.15) is 45.6 Å². The summed E-state index contributed by atoms with van der Waals surface area (Å²) in [5.74, 6) is -0.175. The van der Waals surface area contributed by atoms with E-state index >= 15 is 0 Å². The molecule has 2 N–H and O–H groups in total. The molecule has 0 fully saturated rings. The number of aromatic carboxylic acids is 1. The van der Waals surface area contributed by atoms with E-state index in [4.69, 9.17) is 4.98 Å². The molecule has 3 heterocycles. The highest BCUT2D eigenvalue weighted by Crippen LogP contribution is 2.30. The first kappa shape index (κ1) is 21.6. The second-order valence-corrected chi connectivity index (χ2v) is 8.72. The number of nitrogens with one attached hydrogen (secondary N) is 1. The van der Waals surface area contributed by atoms with Crippen LogP contribution in [-0.2, 0) is 20.1 Å². The number of aryl methyl sites for hydroxylation is 1. The van der Waals surface area contributed by atoms with Crippen molar-refractivity contribution in [3.63, 3.8) is 0 Å². The Hall–Kier alpha value is -4.20. The van der Waals surface area contributed by atoms with Crippen molar-refractivity contribution in [3.8, 4) is 0 Å². The van der Waals surface area contributed by atoms with Crippen molar-refractivity contribution in [1.82, 2.24) is 14.5 Å². The van der Waals surface area contributed by atoms with Crippen molar-refractivity contribution in [2.45, 2.75) is 33.0 Å². The minimum absolute atomic E-state index is 0.0886. The van der Waals surface area contributed by atoms with Gasteiger partial charge in [-0.1, -0.05) is 30.3 Å². The third-order valence-corrected chi connectivity index (χ3v) is 6.31. The average molecular weight is 456 g/mol. The predicted molar refractivity (Wildman–Crippen MR) is 131 cm³/mol. The van der Waals surface area contributed by atoms with Crippen LogP contribution in [0.5, 0.6) is 0 Å². The van der Waals surface area contributed by atoms with Gasteiger partial charge in [0.05, 0.1) is 16.9 Å². The maximum atomic E-state index is 13.4. The minimum atomic E-state index is -1.06. The molecule has 2 aromatic carbocycles. The van der Waals surface area contributed by atoms with Crippen LogP contribution in [0.3, 0.4) is 0 Å². The Balaban J connectivity index is 1.60. The van der Waals surface area contributed by atoms with Crippen molar-refractivity contribution in [1.29, 1.82) is 0 Å². The highest BCUT2D eigenvalue weighted by atomic mass is 16.4. The van der Waals surface area contributed by atoms with Gasteiger partial charge in [0, 0.05) is 31.9 Å². The van der Waals surface area contributed by atoms with E-state index in [0.717, 1.165) is 11.1 Å². The second kappa shape index (κ2) is 8.30. The molecule has 0 aliphatic carbocycles.